The first-order chi connectivity index (χ1) is 14.4. The van der Waals surface area contributed by atoms with Gasteiger partial charge in [0.2, 0.25) is 0 Å². The van der Waals surface area contributed by atoms with E-state index in [1.165, 1.54) is 19.9 Å². The Kier molecular flexibility index (Phi) is 8.92. The molecular formula is C20H23ClF4O6S. The summed E-state index contributed by atoms with van der Waals surface area (Å²) < 4.78 is 84.3. The third kappa shape index (κ3) is 7.79. The van der Waals surface area contributed by atoms with Crippen molar-refractivity contribution < 1.29 is 44.8 Å². The van der Waals surface area contributed by atoms with Gasteiger partial charge in [-0.2, -0.15) is 21.6 Å². The van der Waals surface area contributed by atoms with Gasteiger partial charge in [0.1, 0.15) is 5.82 Å². The summed E-state index contributed by atoms with van der Waals surface area (Å²) in [6.45, 7) is 8.19. The Labute approximate surface area is 188 Å². The summed E-state index contributed by atoms with van der Waals surface area (Å²) >= 11 is 5.68. The molecular weight excluding hydrogens is 480 g/mol. The molecule has 6 nitrogen and oxygen atoms in total. The molecule has 0 saturated heterocycles. The molecule has 0 aliphatic carbocycles. The maximum Gasteiger partial charge on any atom is 0.534 e. The molecule has 0 atom stereocenters. The number of benzene rings is 2. The lowest BCUT2D eigenvalue weighted by atomic mass is 9.98. The number of halogens is 5. The molecule has 0 radical (unpaired) electrons. The van der Waals surface area contributed by atoms with Crippen molar-refractivity contribution >= 4 is 38.5 Å². The molecule has 32 heavy (non-hydrogen) atoms. The minimum Gasteiger partial charge on any atom is -0.466 e. The van der Waals surface area contributed by atoms with E-state index in [1.807, 2.05) is 0 Å². The number of aliphatic hydroxyl groups is 1. The van der Waals surface area contributed by atoms with Crippen molar-refractivity contribution in [1.82, 2.24) is 0 Å². The molecule has 0 spiro atoms. The van der Waals surface area contributed by atoms with Crippen LogP contribution in [0.4, 0.5) is 17.6 Å². The smallest absolute Gasteiger partial charge is 0.466 e. The van der Waals surface area contributed by atoms with Crippen molar-refractivity contribution in [3.8, 4) is 5.75 Å². The summed E-state index contributed by atoms with van der Waals surface area (Å²) in [4.78, 5) is 11.8. The zero-order chi connectivity index (χ0) is 25.1. The predicted molar refractivity (Wildman–Crippen MR) is 112 cm³/mol. The van der Waals surface area contributed by atoms with E-state index in [1.54, 1.807) is 20.8 Å². The van der Waals surface area contributed by atoms with Gasteiger partial charge in [0.25, 0.3) is 0 Å². The van der Waals surface area contributed by atoms with Crippen molar-refractivity contribution in [1.29, 1.82) is 0 Å². The molecule has 2 aromatic rings. The molecule has 0 bridgehead atoms. The van der Waals surface area contributed by atoms with E-state index in [0.29, 0.717) is 0 Å². The first kappa shape index (κ1) is 27.9. The molecule has 12 heteroatoms. The Morgan fingerprint density at radius 1 is 1.16 bits per heavy atom. The predicted octanol–water partition coefficient (Wildman–Crippen LogP) is 5.05. The average Bonchev–Trinajstić information content (AvgIpc) is 2.57. The van der Waals surface area contributed by atoms with Gasteiger partial charge < -0.3 is 14.0 Å². The SMILES string of the molecule is CC(C)(C)O.CCOC(=O)Cc1c(C)cc2cc(Cl)c(F)cc2c1OS(=O)(=O)C(F)(F)F. The van der Waals surface area contributed by atoms with Gasteiger partial charge in [-0.25, -0.2) is 4.39 Å². The molecule has 0 aromatic heterocycles. The fourth-order valence-electron chi connectivity index (χ4n) is 2.37. The second-order valence-electron chi connectivity index (χ2n) is 7.62. The number of ether oxygens (including phenoxy) is 1. The highest BCUT2D eigenvalue weighted by atomic mass is 35.5. The lowest BCUT2D eigenvalue weighted by Gasteiger charge is -2.17. The van der Waals surface area contributed by atoms with Crippen LogP contribution in [0.2, 0.25) is 5.02 Å². The van der Waals surface area contributed by atoms with Crippen molar-refractivity contribution in [2.75, 3.05) is 6.61 Å². The topological polar surface area (TPSA) is 89.9 Å². The molecule has 0 saturated carbocycles. The zero-order valence-electron chi connectivity index (χ0n) is 17.9. The van der Waals surface area contributed by atoms with Crippen LogP contribution in [0.1, 0.15) is 38.8 Å². The number of alkyl halides is 3. The highest BCUT2D eigenvalue weighted by molar-refractivity contribution is 7.88. The van der Waals surface area contributed by atoms with Crippen LogP contribution in [0.25, 0.3) is 10.8 Å². The van der Waals surface area contributed by atoms with E-state index in [9.17, 15) is 30.8 Å². The third-order valence-corrected chi connectivity index (χ3v) is 4.80. The Bertz CT molecular complexity index is 1090. The Hall–Kier alpha value is -2.11. The molecule has 0 heterocycles. The van der Waals surface area contributed by atoms with Crippen LogP contribution in [0.5, 0.6) is 5.75 Å². The van der Waals surface area contributed by atoms with Crippen LogP contribution >= 0.6 is 11.6 Å². The van der Waals surface area contributed by atoms with Gasteiger partial charge >= 0.3 is 21.6 Å². The maximum atomic E-state index is 13.9. The summed E-state index contributed by atoms with van der Waals surface area (Å²) in [5, 5.41) is 8.06. The van der Waals surface area contributed by atoms with Gasteiger partial charge in [-0.3, -0.25) is 4.79 Å². The van der Waals surface area contributed by atoms with Crippen LogP contribution in [-0.2, 0) is 26.1 Å². The maximum absolute atomic E-state index is 13.9. The molecule has 0 fully saturated rings. The number of hydrogen-bond donors (Lipinski definition) is 1. The van der Waals surface area contributed by atoms with E-state index in [0.717, 1.165) is 12.1 Å². The number of carbonyl (C=O) groups is 1. The van der Waals surface area contributed by atoms with E-state index >= 15 is 0 Å². The Balaban J connectivity index is 0.000000920. The van der Waals surface area contributed by atoms with E-state index in [-0.39, 0.29) is 33.5 Å². The molecule has 0 aliphatic heterocycles. The highest BCUT2D eigenvalue weighted by Gasteiger charge is 2.49. The monoisotopic (exact) mass is 502 g/mol. The summed E-state index contributed by atoms with van der Waals surface area (Å²) in [5.74, 6) is -2.61. The molecule has 2 aromatic carbocycles. The molecule has 0 aliphatic rings. The van der Waals surface area contributed by atoms with Crippen LogP contribution in [0.3, 0.4) is 0 Å². The van der Waals surface area contributed by atoms with Gasteiger partial charge in [0, 0.05) is 10.9 Å². The van der Waals surface area contributed by atoms with Gasteiger partial charge in [-0.05, 0) is 57.7 Å². The quantitative estimate of drug-likeness (QED) is 0.266. The molecule has 0 amide bonds. The first-order valence-corrected chi connectivity index (χ1v) is 11.0. The fourth-order valence-corrected chi connectivity index (χ4v) is 3.04. The first-order valence-electron chi connectivity index (χ1n) is 9.17. The van der Waals surface area contributed by atoms with Crippen LogP contribution < -0.4 is 4.18 Å². The van der Waals surface area contributed by atoms with Crippen LogP contribution in [-0.4, -0.2) is 37.2 Å². The normalized spacial score (nSPS) is 12.2. The number of esters is 1. The van der Waals surface area contributed by atoms with E-state index in [2.05, 4.69) is 4.18 Å². The van der Waals surface area contributed by atoms with Gasteiger partial charge in [-0.15, -0.1) is 0 Å². The van der Waals surface area contributed by atoms with Gasteiger partial charge in [0.05, 0.1) is 23.7 Å². The lowest BCUT2D eigenvalue weighted by molar-refractivity contribution is -0.142. The number of fused-ring (bicyclic) bond motifs is 1. The molecule has 1 N–H and O–H groups in total. The summed E-state index contributed by atoms with van der Waals surface area (Å²) in [7, 11) is -6.06. The van der Waals surface area contributed by atoms with E-state index in [4.69, 9.17) is 21.4 Å². The van der Waals surface area contributed by atoms with Crippen LogP contribution in [0.15, 0.2) is 18.2 Å². The minimum atomic E-state index is -6.06. The zero-order valence-corrected chi connectivity index (χ0v) is 19.5. The van der Waals surface area contributed by atoms with Crippen molar-refractivity contribution in [3.63, 3.8) is 0 Å². The standard InChI is InChI=1S/C16H13ClF4O5S.C4H10O/c1-3-25-14(22)7-10-8(2)4-9-5-12(17)13(18)6-11(9)15(10)26-27(23,24)16(19,20)21;1-4(2,3)5/h4-6H,3,7H2,1-2H3;5H,1-3H3. The Morgan fingerprint density at radius 3 is 2.16 bits per heavy atom. The summed E-state index contributed by atoms with van der Waals surface area (Å²) in [6, 6.07) is 3.27. The third-order valence-electron chi connectivity index (χ3n) is 3.56. The number of carbonyl (C=O) groups excluding carboxylic acids is 1. The highest BCUT2D eigenvalue weighted by Crippen LogP contribution is 2.38. The lowest BCUT2D eigenvalue weighted by Crippen LogP contribution is -2.28. The van der Waals surface area contributed by atoms with Gasteiger partial charge in [-0.1, -0.05) is 17.7 Å². The van der Waals surface area contributed by atoms with Crippen molar-refractivity contribution in [2.24, 2.45) is 0 Å². The number of hydrogen-bond acceptors (Lipinski definition) is 6. The summed E-state index contributed by atoms with van der Waals surface area (Å²) in [5.41, 5.74) is -6.14. The summed E-state index contributed by atoms with van der Waals surface area (Å²) in [6.07, 6.45) is -0.567. The second kappa shape index (κ2) is 10.2. The van der Waals surface area contributed by atoms with E-state index < -0.39 is 45.2 Å². The van der Waals surface area contributed by atoms with Crippen LogP contribution in [0, 0.1) is 12.7 Å². The minimum absolute atomic E-state index is 0.00669. The molecule has 180 valence electrons. The van der Waals surface area contributed by atoms with Crippen molar-refractivity contribution in [2.45, 2.75) is 52.1 Å². The Morgan fingerprint density at radius 2 is 1.69 bits per heavy atom. The average molecular weight is 503 g/mol. The van der Waals surface area contributed by atoms with Crippen molar-refractivity contribution in [3.05, 3.63) is 40.2 Å². The molecule has 0 unspecified atom stereocenters. The molecule has 2 rings (SSSR count). The number of aryl methyl sites for hydroxylation is 1. The largest absolute Gasteiger partial charge is 0.534 e. The van der Waals surface area contributed by atoms with Gasteiger partial charge in [0.15, 0.2) is 5.75 Å². The fraction of sp³-hybridized carbons (Fsp3) is 0.450. The second-order valence-corrected chi connectivity index (χ2v) is 9.57. The number of rotatable bonds is 5.